The summed E-state index contributed by atoms with van der Waals surface area (Å²) in [4.78, 5) is 43.9. The zero-order chi connectivity index (χ0) is 33.8. The molecule has 0 bridgehead atoms. The number of hydrogen-bond donors (Lipinski definition) is 4. The van der Waals surface area contributed by atoms with Gasteiger partial charge in [-0.25, -0.2) is 9.59 Å². The number of rotatable bonds is 7. The highest BCUT2D eigenvalue weighted by Crippen LogP contribution is 2.35. The molecule has 10 heteroatoms. The SMILES string of the molecule is C[C@H]1CN([C@@H](C)CO)C(=O)c2cccc(NC(=O)Nc3cccc4ccccc34)c2O[C@H]1CN(C)C(=O)Nc1cccc2ccccc12. The van der Waals surface area contributed by atoms with Gasteiger partial charge >= 0.3 is 12.1 Å². The summed E-state index contributed by atoms with van der Waals surface area (Å²) in [6, 6.07) is 30.7. The van der Waals surface area contributed by atoms with Gasteiger partial charge < -0.3 is 35.6 Å². The van der Waals surface area contributed by atoms with Crippen LogP contribution in [0.15, 0.2) is 103 Å². The summed E-state index contributed by atoms with van der Waals surface area (Å²) in [5.41, 5.74) is 1.88. The number of aliphatic hydroxyl groups is 1. The summed E-state index contributed by atoms with van der Waals surface area (Å²) < 4.78 is 6.60. The van der Waals surface area contributed by atoms with Crippen LogP contribution in [0, 0.1) is 5.92 Å². The van der Waals surface area contributed by atoms with Crippen LogP contribution >= 0.6 is 0 Å². The number of nitrogens with zero attached hydrogens (tertiary/aromatic N) is 2. The Balaban J connectivity index is 1.27. The quantitative estimate of drug-likeness (QED) is 0.152. The normalized spacial score (nSPS) is 16.7. The highest BCUT2D eigenvalue weighted by molar-refractivity contribution is 6.08. The van der Waals surface area contributed by atoms with Crippen LogP contribution in [0.5, 0.6) is 5.75 Å². The van der Waals surface area contributed by atoms with Gasteiger partial charge in [0, 0.05) is 30.3 Å². The molecule has 0 spiro atoms. The number of benzene rings is 5. The first-order valence-corrected chi connectivity index (χ1v) is 16.0. The smallest absolute Gasteiger partial charge is 0.323 e. The Hall–Kier alpha value is -5.61. The highest BCUT2D eigenvalue weighted by atomic mass is 16.5. The van der Waals surface area contributed by atoms with E-state index in [2.05, 4.69) is 16.0 Å². The number of nitrogens with one attached hydrogen (secondary N) is 3. The number of hydrogen-bond acceptors (Lipinski definition) is 5. The summed E-state index contributed by atoms with van der Waals surface area (Å²) in [6.45, 7) is 3.98. The van der Waals surface area contributed by atoms with Crippen molar-refractivity contribution in [3.05, 3.63) is 109 Å². The minimum Gasteiger partial charge on any atom is -0.485 e. The Morgan fingerprint density at radius 3 is 2.02 bits per heavy atom. The monoisotopic (exact) mass is 645 g/mol. The third-order valence-electron chi connectivity index (χ3n) is 8.81. The highest BCUT2D eigenvalue weighted by Gasteiger charge is 2.35. The van der Waals surface area contributed by atoms with Crippen LogP contribution in [-0.2, 0) is 0 Å². The molecule has 246 valence electrons. The molecule has 6 rings (SSSR count). The van der Waals surface area contributed by atoms with Crippen molar-refractivity contribution in [2.45, 2.75) is 26.0 Å². The minimum absolute atomic E-state index is 0.184. The van der Waals surface area contributed by atoms with Crippen LogP contribution in [0.4, 0.5) is 26.7 Å². The second-order valence-corrected chi connectivity index (χ2v) is 12.2. The lowest BCUT2D eigenvalue weighted by atomic mass is 9.99. The molecule has 0 unspecified atom stereocenters. The number of carbonyl (C=O) groups is 3. The number of aliphatic hydroxyl groups excluding tert-OH is 1. The Morgan fingerprint density at radius 2 is 1.38 bits per heavy atom. The maximum Gasteiger partial charge on any atom is 0.323 e. The molecule has 0 aromatic heterocycles. The molecule has 1 aliphatic rings. The number of ether oxygens (including phenoxy) is 1. The van der Waals surface area contributed by atoms with Crippen LogP contribution in [0.25, 0.3) is 21.5 Å². The Bertz CT molecular complexity index is 1970. The van der Waals surface area contributed by atoms with E-state index in [1.807, 2.05) is 91.9 Å². The van der Waals surface area contributed by atoms with Gasteiger partial charge in [0.15, 0.2) is 5.75 Å². The van der Waals surface area contributed by atoms with Crippen molar-refractivity contribution >= 4 is 56.6 Å². The van der Waals surface area contributed by atoms with Gasteiger partial charge in [-0.3, -0.25) is 4.79 Å². The Labute approximate surface area is 279 Å². The zero-order valence-corrected chi connectivity index (χ0v) is 27.1. The molecule has 0 saturated carbocycles. The van der Waals surface area contributed by atoms with Gasteiger partial charge in [0.2, 0.25) is 0 Å². The number of amides is 5. The van der Waals surface area contributed by atoms with E-state index in [1.165, 1.54) is 0 Å². The van der Waals surface area contributed by atoms with Crippen molar-refractivity contribution < 1.29 is 24.2 Å². The van der Waals surface area contributed by atoms with E-state index in [0.717, 1.165) is 21.5 Å². The van der Waals surface area contributed by atoms with Crippen molar-refractivity contribution in [1.82, 2.24) is 9.80 Å². The predicted molar refractivity (Wildman–Crippen MR) is 190 cm³/mol. The average Bonchev–Trinajstić information content (AvgIpc) is 3.10. The van der Waals surface area contributed by atoms with Crippen LogP contribution in [0.1, 0.15) is 24.2 Å². The zero-order valence-electron chi connectivity index (χ0n) is 27.1. The average molecular weight is 646 g/mol. The van der Waals surface area contributed by atoms with Crippen LogP contribution in [0.2, 0.25) is 0 Å². The van der Waals surface area contributed by atoms with Crippen molar-refractivity contribution in [3.63, 3.8) is 0 Å². The summed E-state index contributed by atoms with van der Waals surface area (Å²) >= 11 is 0. The van der Waals surface area contributed by atoms with Gasteiger partial charge in [0.1, 0.15) is 6.10 Å². The second kappa shape index (κ2) is 14.0. The topological polar surface area (TPSA) is 123 Å². The number of para-hydroxylation sites is 1. The Morgan fingerprint density at radius 1 is 0.833 bits per heavy atom. The third kappa shape index (κ3) is 6.74. The first-order chi connectivity index (χ1) is 23.2. The molecule has 5 amide bonds. The molecule has 0 aliphatic carbocycles. The number of urea groups is 2. The maximum absolute atomic E-state index is 13.9. The molecule has 0 radical (unpaired) electrons. The number of likely N-dealkylation sites (N-methyl/N-ethyl adjacent to an activating group) is 1. The fraction of sp³-hybridized carbons (Fsp3) is 0.237. The summed E-state index contributed by atoms with van der Waals surface area (Å²) in [5.74, 6) is -0.372. The van der Waals surface area contributed by atoms with Gasteiger partial charge in [0.05, 0.1) is 41.8 Å². The lowest BCUT2D eigenvalue weighted by Gasteiger charge is -2.38. The first-order valence-electron chi connectivity index (χ1n) is 16.0. The lowest BCUT2D eigenvalue weighted by molar-refractivity contribution is 0.0373. The molecule has 3 atom stereocenters. The molecule has 5 aromatic rings. The van der Waals surface area contributed by atoms with E-state index in [-0.39, 0.29) is 42.3 Å². The molecule has 1 aliphatic heterocycles. The molecule has 1 heterocycles. The molecular weight excluding hydrogens is 606 g/mol. The molecule has 5 aromatic carbocycles. The summed E-state index contributed by atoms with van der Waals surface area (Å²) in [6.07, 6.45) is -0.572. The largest absolute Gasteiger partial charge is 0.485 e. The standard InChI is InChI=1S/C38H39N5O5/c1-24-21-43(25(2)23-44)36(45)30-17-10-20-33(40-37(46)39-31-18-8-13-26-11-4-6-15-28(26)31)35(30)48-34(24)22-42(3)38(47)41-32-19-9-14-27-12-5-7-16-29(27)32/h4-20,24-25,34,44H,21-23H2,1-3H3,(H,41,47)(H2,39,40,46)/t24-,25-,34-/m0/s1. The van der Waals surface area contributed by atoms with Crippen molar-refractivity contribution in [1.29, 1.82) is 0 Å². The van der Waals surface area contributed by atoms with E-state index >= 15 is 0 Å². The van der Waals surface area contributed by atoms with Crippen LogP contribution in [-0.4, -0.2) is 71.8 Å². The molecule has 48 heavy (non-hydrogen) atoms. The van der Waals surface area contributed by atoms with E-state index in [1.54, 1.807) is 42.0 Å². The van der Waals surface area contributed by atoms with Crippen molar-refractivity contribution in [2.75, 3.05) is 42.7 Å². The fourth-order valence-corrected chi connectivity index (χ4v) is 6.07. The van der Waals surface area contributed by atoms with Gasteiger partial charge in [-0.1, -0.05) is 85.8 Å². The summed E-state index contributed by atoms with van der Waals surface area (Å²) in [5, 5.41) is 22.7. The lowest BCUT2D eigenvalue weighted by Crippen LogP contribution is -2.50. The van der Waals surface area contributed by atoms with E-state index in [9.17, 15) is 19.5 Å². The minimum atomic E-state index is -0.572. The number of carbonyl (C=O) groups excluding carboxylic acids is 3. The van der Waals surface area contributed by atoms with E-state index in [0.29, 0.717) is 23.6 Å². The van der Waals surface area contributed by atoms with E-state index in [4.69, 9.17) is 4.74 Å². The maximum atomic E-state index is 13.9. The Kier molecular flexibility index (Phi) is 9.45. The molecule has 10 nitrogen and oxygen atoms in total. The number of anilines is 3. The van der Waals surface area contributed by atoms with Crippen molar-refractivity contribution in [3.8, 4) is 5.75 Å². The molecule has 0 fully saturated rings. The summed E-state index contributed by atoms with van der Waals surface area (Å²) in [7, 11) is 1.69. The molecule has 4 N–H and O–H groups in total. The fourth-order valence-electron chi connectivity index (χ4n) is 6.07. The second-order valence-electron chi connectivity index (χ2n) is 12.2. The van der Waals surface area contributed by atoms with Crippen LogP contribution < -0.4 is 20.7 Å². The number of fused-ring (bicyclic) bond motifs is 3. The van der Waals surface area contributed by atoms with Crippen LogP contribution in [0.3, 0.4) is 0 Å². The third-order valence-corrected chi connectivity index (χ3v) is 8.81. The van der Waals surface area contributed by atoms with Gasteiger partial charge in [-0.2, -0.15) is 0 Å². The van der Waals surface area contributed by atoms with Gasteiger partial charge in [-0.15, -0.1) is 0 Å². The van der Waals surface area contributed by atoms with E-state index < -0.39 is 18.2 Å². The predicted octanol–water partition coefficient (Wildman–Crippen LogP) is 7.02. The van der Waals surface area contributed by atoms with Gasteiger partial charge in [0.25, 0.3) is 5.91 Å². The first kappa shape index (κ1) is 32.3. The van der Waals surface area contributed by atoms with Gasteiger partial charge in [-0.05, 0) is 42.0 Å². The van der Waals surface area contributed by atoms with Crippen molar-refractivity contribution in [2.24, 2.45) is 5.92 Å². The molecule has 0 saturated heterocycles. The molecular formula is C38H39N5O5.